The second-order valence-electron chi connectivity index (χ2n) is 5.49. The number of nitrogens with zero attached hydrogens (tertiary/aromatic N) is 2. The summed E-state index contributed by atoms with van der Waals surface area (Å²) in [6.07, 6.45) is 5.53. The molecule has 0 bridgehead atoms. The zero-order chi connectivity index (χ0) is 14.1. The molecule has 0 spiro atoms. The maximum atomic E-state index is 6.17. The molecule has 2 aliphatic heterocycles. The van der Waals surface area contributed by atoms with Gasteiger partial charge in [-0.2, -0.15) is 5.10 Å². The third-order valence-corrected chi connectivity index (χ3v) is 4.22. The maximum Gasteiger partial charge on any atom is 0.231 e. The van der Waals surface area contributed by atoms with E-state index in [1.807, 2.05) is 18.3 Å². The van der Waals surface area contributed by atoms with Crippen LogP contribution in [-0.4, -0.2) is 30.1 Å². The molecule has 0 N–H and O–H groups in total. The van der Waals surface area contributed by atoms with E-state index in [0.717, 1.165) is 5.56 Å². The number of hydrogen-bond acceptors (Lipinski definition) is 4. The van der Waals surface area contributed by atoms with E-state index in [2.05, 4.69) is 24.0 Å². The Kier molecular flexibility index (Phi) is 3.74. The summed E-state index contributed by atoms with van der Waals surface area (Å²) in [7, 11) is 0. The molecule has 2 heterocycles. The predicted octanol–water partition coefficient (Wildman–Crippen LogP) is 3.67. The quantitative estimate of drug-likeness (QED) is 0.781. The van der Waals surface area contributed by atoms with Crippen molar-refractivity contribution in [3.8, 4) is 11.5 Å². The van der Waals surface area contributed by atoms with Crippen molar-refractivity contribution in [1.29, 1.82) is 0 Å². The van der Waals surface area contributed by atoms with Crippen LogP contribution in [0.5, 0.6) is 11.5 Å². The Balaban J connectivity index is 1.80. The van der Waals surface area contributed by atoms with Gasteiger partial charge in [0.1, 0.15) is 0 Å². The average Bonchev–Trinajstić information content (AvgIpc) is 2.87. The Labute approximate surface area is 124 Å². The number of benzene rings is 1. The summed E-state index contributed by atoms with van der Waals surface area (Å²) in [5.41, 5.74) is 0.934. The molecule has 1 aromatic carbocycles. The fourth-order valence-electron chi connectivity index (χ4n) is 2.83. The van der Waals surface area contributed by atoms with E-state index in [4.69, 9.17) is 21.1 Å². The Morgan fingerprint density at radius 1 is 1.25 bits per heavy atom. The van der Waals surface area contributed by atoms with Crippen molar-refractivity contribution in [3.63, 3.8) is 0 Å². The summed E-state index contributed by atoms with van der Waals surface area (Å²) in [5.74, 6) is 1.32. The van der Waals surface area contributed by atoms with Crippen LogP contribution in [0.1, 0.15) is 38.7 Å². The molecule has 0 aliphatic carbocycles. The number of fused-ring (bicyclic) bond motifs is 1. The number of hydrogen-bond donors (Lipinski definition) is 0. The molecule has 0 radical (unpaired) electrons. The average molecular weight is 295 g/mol. The smallest absolute Gasteiger partial charge is 0.231 e. The minimum Gasteiger partial charge on any atom is -0.454 e. The van der Waals surface area contributed by atoms with E-state index in [0.29, 0.717) is 28.6 Å². The second kappa shape index (κ2) is 5.52. The molecular weight excluding hydrogens is 276 g/mol. The van der Waals surface area contributed by atoms with Gasteiger partial charge in [-0.05, 0) is 50.8 Å². The number of halogens is 1. The van der Waals surface area contributed by atoms with Crippen molar-refractivity contribution in [1.82, 2.24) is 5.01 Å². The summed E-state index contributed by atoms with van der Waals surface area (Å²) < 4.78 is 10.7. The minimum atomic E-state index is 0.232. The van der Waals surface area contributed by atoms with Gasteiger partial charge >= 0.3 is 0 Å². The molecule has 2 aliphatic rings. The van der Waals surface area contributed by atoms with Crippen molar-refractivity contribution in [2.45, 2.75) is 45.2 Å². The van der Waals surface area contributed by atoms with Crippen LogP contribution < -0.4 is 9.47 Å². The van der Waals surface area contributed by atoms with Crippen LogP contribution in [0.4, 0.5) is 0 Å². The zero-order valence-electron chi connectivity index (χ0n) is 11.8. The highest BCUT2D eigenvalue weighted by Crippen LogP contribution is 2.39. The first kappa shape index (κ1) is 13.6. The van der Waals surface area contributed by atoms with E-state index in [-0.39, 0.29) is 6.79 Å². The fraction of sp³-hybridized carbons (Fsp3) is 0.533. The first-order valence-corrected chi connectivity index (χ1v) is 7.44. The first-order valence-electron chi connectivity index (χ1n) is 7.06. The van der Waals surface area contributed by atoms with Gasteiger partial charge in [0, 0.05) is 12.1 Å². The molecule has 0 saturated carbocycles. The second-order valence-corrected chi connectivity index (χ2v) is 5.90. The summed E-state index contributed by atoms with van der Waals surface area (Å²) in [5, 5.41) is 7.39. The van der Waals surface area contributed by atoms with Crippen molar-refractivity contribution < 1.29 is 9.47 Å². The van der Waals surface area contributed by atoms with Gasteiger partial charge in [-0.15, -0.1) is 0 Å². The largest absolute Gasteiger partial charge is 0.454 e. The van der Waals surface area contributed by atoms with Crippen LogP contribution in [0.2, 0.25) is 5.02 Å². The molecule has 1 fully saturated rings. The first-order chi connectivity index (χ1) is 9.65. The predicted molar refractivity (Wildman–Crippen MR) is 79.8 cm³/mol. The highest BCUT2D eigenvalue weighted by Gasteiger charge is 2.23. The van der Waals surface area contributed by atoms with Gasteiger partial charge < -0.3 is 9.47 Å². The van der Waals surface area contributed by atoms with Gasteiger partial charge in [0.25, 0.3) is 0 Å². The van der Waals surface area contributed by atoms with Crippen molar-refractivity contribution >= 4 is 17.8 Å². The number of ether oxygens (including phenoxy) is 2. The molecule has 0 amide bonds. The summed E-state index contributed by atoms with van der Waals surface area (Å²) in [6.45, 7) is 4.68. The maximum absolute atomic E-state index is 6.17. The Morgan fingerprint density at radius 2 is 2.00 bits per heavy atom. The van der Waals surface area contributed by atoms with Crippen LogP contribution >= 0.6 is 11.6 Å². The standard InChI is InChI=1S/C15H19ClN2O2/c1-10-4-3-5-11(2)18(10)17-8-12-6-13(16)15-14(7-12)19-9-20-15/h6-8,10-11H,3-5,9H2,1-2H3/b17-8-/t10-,11-/m0/s1. The molecule has 0 aromatic heterocycles. The Morgan fingerprint density at radius 3 is 2.75 bits per heavy atom. The molecule has 3 rings (SSSR count). The minimum absolute atomic E-state index is 0.232. The van der Waals surface area contributed by atoms with Crippen LogP contribution in [-0.2, 0) is 0 Å². The van der Waals surface area contributed by atoms with E-state index < -0.39 is 0 Å². The van der Waals surface area contributed by atoms with Gasteiger partial charge in [0.05, 0.1) is 11.2 Å². The van der Waals surface area contributed by atoms with Gasteiger partial charge in [0.15, 0.2) is 11.5 Å². The lowest BCUT2D eigenvalue weighted by Gasteiger charge is -2.36. The van der Waals surface area contributed by atoms with Gasteiger partial charge in [-0.1, -0.05) is 11.6 Å². The molecule has 5 heteroatoms. The summed E-state index contributed by atoms with van der Waals surface area (Å²) in [4.78, 5) is 0. The molecule has 1 saturated heterocycles. The number of piperidine rings is 1. The zero-order valence-corrected chi connectivity index (χ0v) is 12.6. The molecule has 2 atom stereocenters. The fourth-order valence-corrected chi connectivity index (χ4v) is 3.10. The van der Waals surface area contributed by atoms with Gasteiger partial charge in [-0.25, -0.2) is 0 Å². The van der Waals surface area contributed by atoms with Crippen LogP contribution in [0.25, 0.3) is 0 Å². The Hall–Kier alpha value is -1.42. The van der Waals surface area contributed by atoms with E-state index in [1.54, 1.807) is 0 Å². The van der Waals surface area contributed by atoms with Crippen LogP contribution in [0.15, 0.2) is 17.2 Å². The monoisotopic (exact) mass is 294 g/mol. The topological polar surface area (TPSA) is 34.1 Å². The molecule has 0 unspecified atom stereocenters. The van der Waals surface area contributed by atoms with Crippen molar-refractivity contribution in [2.75, 3.05) is 6.79 Å². The molecule has 108 valence electrons. The SMILES string of the molecule is C[C@H]1CCC[C@H](C)N1/N=C\c1cc(Cl)c2c(c1)OCO2. The molecule has 1 aromatic rings. The summed E-state index contributed by atoms with van der Waals surface area (Å²) >= 11 is 6.17. The normalized spacial score (nSPS) is 25.4. The molecule has 20 heavy (non-hydrogen) atoms. The third kappa shape index (κ3) is 2.57. The highest BCUT2D eigenvalue weighted by molar-refractivity contribution is 6.32. The van der Waals surface area contributed by atoms with E-state index >= 15 is 0 Å². The molecule has 4 nitrogen and oxygen atoms in total. The molecular formula is C15H19ClN2O2. The van der Waals surface area contributed by atoms with Gasteiger partial charge in [0.2, 0.25) is 6.79 Å². The number of hydrazone groups is 1. The van der Waals surface area contributed by atoms with Crippen LogP contribution in [0.3, 0.4) is 0 Å². The lowest BCUT2D eigenvalue weighted by Crippen LogP contribution is -2.39. The summed E-state index contributed by atoms with van der Waals surface area (Å²) in [6, 6.07) is 4.74. The third-order valence-electron chi connectivity index (χ3n) is 3.94. The van der Waals surface area contributed by atoms with Gasteiger partial charge in [-0.3, -0.25) is 5.01 Å². The Bertz CT molecular complexity index is 523. The lowest BCUT2D eigenvalue weighted by molar-refractivity contribution is 0.109. The van der Waals surface area contributed by atoms with Crippen molar-refractivity contribution in [2.24, 2.45) is 5.10 Å². The highest BCUT2D eigenvalue weighted by atomic mass is 35.5. The van der Waals surface area contributed by atoms with E-state index in [1.165, 1.54) is 19.3 Å². The lowest BCUT2D eigenvalue weighted by atomic mass is 10.00. The van der Waals surface area contributed by atoms with Crippen molar-refractivity contribution in [3.05, 3.63) is 22.7 Å². The number of rotatable bonds is 2. The van der Waals surface area contributed by atoms with E-state index in [9.17, 15) is 0 Å². The van der Waals surface area contributed by atoms with Crippen LogP contribution in [0, 0.1) is 0 Å².